The van der Waals surface area contributed by atoms with Crippen molar-refractivity contribution in [2.45, 2.75) is 24.3 Å². The lowest BCUT2D eigenvalue weighted by molar-refractivity contribution is 0.305. The minimum atomic E-state index is 0.226. The van der Waals surface area contributed by atoms with Crippen molar-refractivity contribution >= 4 is 17.7 Å². The van der Waals surface area contributed by atoms with Crippen molar-refractivity contribution in [3.63, 3.8) is 0 Å². The Kier molecular flexibility index (Phi) is 8.00. The van der Waals surface area contributed by atoms with Crippen molar-refractivity contribution < 1.29 is 0 Å². The monoisotopic (exact) mass is 414 g/mol. The molecule has 1 saturated heterocycles. The number of rotatable bonds is 8. The highest BCUT2D eigenvalue weighted by atomic mass is 32.2. The van der Waals surface area contributed by atoms with Crippen LogP contribution in [0.4, 0.5) is 0 Å². The zero-order valence-corrected chi connectivity index (χ0v) is 18.9. The highest BCUT2D eigenvalue weighted by Crippen LogP contribution is 2.26. The van der Waals surface area contributed by atoms with E-state index in [1.165, 1.54) is 16.9 Å². The Morgan fingerprint density at radius 3 is 2.79 bits per heavy atom. The first-order valence-electron chi connectivity index (χ1n) is 10.4. The van der Waals surface area contributed by atoms with Gasteiger partial charge in [0.15, 0.2) is 5.96 Å². The summed E-state index contributed by atoms with van der Waals surface area (Å²) in [6.07, 6.45) is 5.25. The van der Waals surface area contributed by atoms with E-state index in [0.717, 1.165) is 37.9 Å². The van der Waals surface area contributed by atoms with E-state index in [2.05, 4.69) is 77.8 Å². The topological polar surface area (TPSA) is 48.7 Å². The Hall–Kier alpha value is -1.99. The Labute approximate surface area is 179 Å². The SMILES string of the molecule is CCNC(=NCC(c1cnn(C)c1)N(C)C)N1CCC(CSc2ccccc2)C1. The van der Waals surface area contributed by atoms with Crippen LogP contribution >= 0.6 is 11.8 Å². The van der Waals surface area contributed by atoms with Crippen molar-refractivity contribution in [1.29, 1.82) is 0 Å². The molecule has 7 heteroatoms. The molecule has 6 nitrogen and oxygen atoms in total. The number of aliphatic imine (C=N–C) groups is 1. The molecule has 2 atom stereocenters. The highest BCUT2D eigenvalue weighted by molar-refractivity contribution is 7.99. The van der Waals surface area contributed by atoms with Crippen LogP contribution in [0.1, 0.15) is 24.9 Å². The molecule has 1 N–H and O–H groups in total. The van der Waals surface area contributed by atoms with Gasteiger partial charge in [0.25, 0.3) is 0 Å². The van der Waals surface area contributed by atoms with Gasteiger partial charge >= 0.3 is 0 Å². The van der Waals surface area contributed by atoms with Crippen LogP contribution in [0.2, 0.25) is 0 Å². The number of hydrogen-bond acceptors (Lipinski definition) is 4. The van der Waals surface area contributed by atoms with Crippen molar-refractivity contribution in [1.82, 2.24) is 24.9 Å². The summed E-state index contributed by atoms with van der Waals surface area (Å²) in [6.45, 7) is 5.90. The molecule has 2 aromatic rings. The molecule has 1 aromatic heterocycles. The summed E-state index contributed by atoms with van der Waals surface area (Å²) in [6, 6.07) is 10.9. The van der Waals surface area contributed by atoms with Crippen molar-refractivity contribution in [2.24, 2.45) is 18.0 Å². The minimum Gasteiger partial charge on any atom is -0.357 e. The second-order valence-electron chi connectivity index (χ2n) is 7.85. The predicted molar refractivity (Wildman–Crippen MR) is 122 cm³/mol. The molecule has 0 radical (unpaired) electrons. The fraction of sp³-hybridized carbons (Fsp3) is 0.545. The lowest BCUT2D eigenvalue weighted by atomic mass is 10.1. The largest absolute Gasteiger partial charge is 0.357 e. The van der Waals surface area contributed by atoms with Gasteiger partial charge in [0, 0.05) is 49.1 Å². The molecule has 158 valence electrons. The summed E-state index contributed by atoms with van der Waals surface area (Å²) in [5.74, 6) is 2.90. The molecule has 0 amide bonds. The summed E-state index contributed by atoms with van der Waals surface area (Å²) >= 11 is 1.96. The third kappa shape index (κ3) is 6.24. The summed E-state index contributed by atoms with van der Waals surface area (Å²) in [5, 5.41) is 7.83. The van der Waals surface area contributed by atoms with Gasteiger partial charge in [0.1, 0.15) is 0 Å². The minimum absolute atomic E-state index is 0.226. The molecule has 2 heterocycles. The molecule has 1 aliphatic heterocycles. The molecule has 3 rings (SSSR count). The van der Waals surface area contributed by atoms with Gasteiger partial charge in [-0.05, 0) is 45.5 Å². The van der Waals surface area contributed by atoms with Crippen molar-refractivity contribution in [2.75, 3.05) is 46.0 Å². The zero-order valence-electron chi connectivity index (χ0n) is 18.1. The van der Waals surface area contributed by atoms with Crippen LogP contribution in [0.15, 0.2) is 52.6 Å². The average molecular weight is 415 g/mol. The van der Waals surface area contributed by atoms with Crippen LogP contribution in [-0.4, -0.2) is 71.6 Å². The molecule has 0 saturated carbocycles. The first-order chi connectivity index (χ1) is 14.1. The molecule has 1 aliphatic rings. The maximum absolute atomic E-state index is 5.00. The van der Waals surface area contributed by atoms with E-state index in [0.29, 0.717) is 5.92 Å². The normalized spacial score (nSPS) is 18.4. The molecule has 0 spiro atoms. The van der Waals surface area contributed by atoms with Gasteiger partial charge in [0.05, 0.1) is 18.8 Å². The van der Waals surface area contributed by atoms with Crippen molar-refractivity contribution in [3.05, 3.63) is 48.3 Å². The Morgan fingerprint density at radius 1 is 1.34 bits per heavy atom. The maximum atomic E-state index is 5.00. The third-order valence-corrected chi connectivity index (χ3v) is 6.54. The molecule has 0 bridgehead atoms. The van der Waals surface area contributed by atoms with E-state index >= 15 is 0 Å². The number of nitrogens with zero attached hydrogens (tertiary/aromatic N) is 5. The van der Waals surface area contributed by atoms with E-state index < -0.39 is 0 Å². The molecule has 29 heavy (non-hydrogen) atoms. The lowest BCUT2D eigenvalue weighted by Gasteiger charge is -2.25. The smallest absolute Gasteiger partial charge is 0.193 e. The maximum Gasteiger partial charge on any atom is 0.193 e. The van der Waals surface area contributed by atoms with Crippen LogP contribution in [-0.2, 0) is 7.05 Å². The third-order valence-electron chi connectivity index (χ3n) is 5.30. The van der Waals surface area contributed by atoms with E-state index in [-0.39, 0.29) is 6.04 Å². The van der Waals surface area contributed by atoms with E-state index in [4.69, 9.17) is 4.99 Å². The van der Waals surface area contributed by atoms with Gasteiger partial charge in [-0.2, -0.15) is 5.10 Å². The number of likely N-dealkylation sites (N-methyl/N-ethyl adjacent to an activating group) is 1. The quantitative estimate of drug-likeness (QED) is 0.409. The van der Waals surface area contributed by atoms with Gasteiger partial charge in [0.2, 0.25) is 0 Å². The fourth-order valence-corrected chi connectivity index (χ4v) is 4.72. The van der Waals surface area contributed by atoms with Gasteiger partial charge in [-0.15, -0.1) is 11.8 Å². The lowest BCUT2D eigenvalue weighted by Crippen LogP contribution is -2.40. The van der Waals surface area contributed by atoms with E-state index in [1.54, 1.807) is 0 Å². The average Bonchev–Trinajstić information content (AvgIpc) is 3.35. The summed E-state index contributed by atoms with van der Waals surface area (Å²) in [7, 11) is 6.17. The van der Waals surface area contributed by atoms with Gasteiger partial charge in [-0.3, -0.25) is 9.67 Å². The molecule has 0 aliphatic carbocycles. The second kappa shape index (κ2) is 10.7. The molecular formula is C22H34N6S. The van der Waals surface area contributed by atoms with Crippen LogP contribution in [0.5, 0.6) is 0 Å². The van der Waals surface area contributed by atoms with E-state index in [1.807, 2.05) is 29.7 Å². The summed E-state index contributed by atoms with van der Waals surface area (Å²) in [4.78, 5) is 11.0. The predicted octanol–water partition coefficient (Wildman–Crippen LogP) is 3.10. The van der Waals surface area contributed by atoms with Crippen LogP contribution in [0.3, 0.4) is 0 Å². The Morgan fingerprint density at radius 2 is 2.14 bits per heavy atom. The fourth-order valence-electron chi connectivity index (χ4n) is 3.67. The number of hydrogen-bond donors (Lipinski definition) is 1. The molecular weight excluding hydrogens is 380 g/mol. The molecule has 1 aromatic carbocycles. The van der Waals surface area contributed by atoms with Gasteiger partial charge < -0.3 is 15.1 Å². The van der Waals surface area contributed by atoms with Crippen LogP contribution < -0.4 is 5.32 Å². The number of likely N-dealkylation sites (tertiary alicyclic amines) is 1. The summed E-state index contributed by atoms with van der Waals surface area (Å²) in [5.41, 5.74) is 1.20. The number of thioether (sulfide) groups is 1. The van der Waals surface area contributed by atoms with Gasteiger partial charge in [-0.25, -0.2) is 0 Å². The van der Waals surface area contributed by atoms with E-state index in [9.17, 15) is 0 Å². The standard InChI is InChI=1S/C22H34N6S/c1-5-23-22(24-14-21(26(2)3)19-13-25-27(4)16-19)28-12-11-18(15-28)17-29-20-9-7-6-8-10-20/h6-10,13,16,18,21H,5,11-12,14-15,17H2,1-4H3,(H,23,24). The first-order valence-corrected chi connectivity index (χ1v) is 11.4. The zero-order chi connectivity index (χ0) is 20.6. The second-order valence-corrected chi connectivity index (χ2v) is 8.94. The Bertz CT molecular complexity index is 773. The van der Waals surface area contributed by atoms with Crippen LogP contribution in [0.25, 0.3) is 0 Å². The highest BCUT2D eigenvalue weighted by Gasteiger charge is 2.25. The number of aromatic nitrogens is 2. The Balaban J connectivity index is 1.59. The number of nitrogens with one attached hydrogen (secondary N) is 1. The number of benzene rings is 1. The summed E-state index contributed by atoms with van der Waals surface area (Å²) < 4.78 is 1.86. The van der Waals surface area contributed by atoms with Crippen LogP contribution in [0, 0.1) is 5.92 Å². The van der Waals surface area contributed by atoms with Crippen molar-refractivity contribution in [3.8, 4) is 0 Å². The number of guanidine groups is 1. The first kappa shape index (κ1) is 21.7. The molecule has 1 fully saturated rings. The molecule has 2 unspecified atom stereocenters. The van der Waals surface area contributed by atoms with Gasteiger partial charge in [-0.1, -0.05) is 18.2 Å². The number of aryl methyl sites for hydroxylation is 1.